The summed E-state index contributed by atoms with van der Waals surface area (Å²) in [6, 6.07) is 18.2. The monoisotopic (exact) mass is 329 g/mol. The van der Waals surface area contributed by atoms with E-state index in [-0.39, 0.29) is 12.0 Å². The number of nitrogens with zero attached hydrogens (tertiary/aromatic N) is 1. The van der Waals surface area contributed by atoms with Crippen LogP contribution in [0.5, 0.6) is 0 Å². The molecule has 120 valence electrons. The number of rotatable bonds is 4. The molecule has 3 rings (SSSR count). The molecule has 0 saturated carbocycles. The van der Waals surface area contributed by atoms with Crippen molar-refractivity contribution in [3.05, 3.63) is 70.7 Å². The fourth-order valence-corrected chi connectivity index (χ4v) is 3.46. The number of hydrogen-bond donors (Lipinski definition) is 1. The Labute approximate surface area is 141 Å². The number of halogens is 1. The van der Waals surface area contributed by atoms with Gasteiger partial charge in [-0.15, -0.1) is 0 Å². The summed E-state index contributed by atoms with van der Waals surface area (Å²) in [7, 11) is 0. The predicted molar refractivity (Wildman–Crippen MR) is 91.7 cm³/mol. The topological polar surface area (TPSA) is 40.5 Å². The number of likely N-dealkylation sites (tertiary alicyclic amines) is 1. The molecule has 2 aromatic rings. The lowest BCUT2D eigenvalue weighted by atomic mass is 9.91. The summed E-state index contributed by atoms with van der Waals surface area (Å²) in [5.74, 6) is -0.986. The lowest BCUT2D eigenvalue weighted by molar-refractivity contribution is -0.143. The highest BCUT2D eigenvalue weighted by molar-refractivity contribution is 6.30. The molecule has 2 aromatic carbocycles. The van der Waals surface area contributed by atoms with Gasteiger partial charge in [-0.05, 0) is 42.6 Å². The number of piperidine rings is 1. The normalized spacial score (nSPS) is 20.1. The van der Waals surface area contributed by atoms with Gasteiger partial charge in [-0.2, -0.15) is 0 Å². The van der Waals surface area contributed by atoms with Gasteiger partial charge >= 0.3 is 5.97 Å². The second kappa shape index (κ2) is 7.16. The maximum atomic E-state index is 11.4. The first-order valence-electron chi connectivity index (χ1n) is 7.92. The van der Waals surface area contributed by atoms with Crippen LogP contribution in [-0.4, -0.2) is 29.1 Å². The van der Waals surface area contributed by atoms with Gasteiger partial charge in [-0.25, -0.2) is 0 Å². The Morgan fingerprint density at radius 2 is 1.74 bits per heavy atom. The van der Waals surface area contributed by atoms with Crippen LogP contribution in [0.25, 0.3) is 0 Å². The van der Waals surface area contributed by atoms with E-state index in [0.29, 0.717) is 11.6 Å². The first-order valence-corrected chi connectivity index (χ1v) is 8.30. The molecule has 0 aromatic heterocycles. The fraction of sp³-hybridized carbons (Fsp3) is 0.316. The molecule has 4 heteroatoms. The number of aliphatic carboxylic acids is 1. The van der Waals surface area contributed by atoms with Crippen LogP contribution in [0, 0.1) is 5.92 Å². The van der Waals surface area contributed by atoms with Crippen LogP contribution in [0.15, 0.2) is 54.6 Å². The Bertz CT molecular complexity index is 657. The Balaban J connectivity index is 1.95. The minimum atomic E-state index is -0.697. The molecule has 23 heavy (non-hydrogen) atoms. The van der Waals surface area contributed by atoms with Crippen molar-refractivity contribution in [3.8, 4) is 0 Å². The molecule has 1 aliphatic heterocycles. The average molecular weight is 330 g/mol. The van der Waals surface area contributed by atoms with Gasteiger partial charge in [0.15, 0.2) is 0 Å². The van der Waals surface area contributed by atoms with Crippen LogP contribution < -0.4 is 0 Å². The van der Waals surface area contributed by atoms with E-state index in [4.69, 9.17) is 11.6 Å². The van der Waals surface area contributed by atoms with E-state index < -0.39 is 5.97 Å². The molecule has 0 bridgehead atoms. The Hall–Kier alpha value is -1.84. The quantitative estimate of drug-likeness (QED) is 0.912. The summed E-state index contributed by atoms with van der Waals surface area (Å²) >= 11 is 6.02. The Kier molecular flexibility index (Phi) is 4.99. The molecule has 0 radical (unpaired) electrons. The summed E-state index contributed by atoms with van der Waals surface area (Å²) in [6.45, 7) is 1.49. The summed E-state index contributed by atoms with van der Waals surface area (Å²) in [5.41, 5.74) is 2.33. The predicted octanol–water partition coefficient (Wildman–Crippen LogP) is 4.23. The van der Waals surface area contributed by atoms with Crippen molar-refractivity contribution >= 4 is 17.6 Å². The lowest BCUT2D eigenvalue weighted by Crippen LogP contribution is -2.41. The van der Waals surface area contributed by atoms with Crippen LogP contribution in [0.3, 0.4) is 0 Å². The molecular weight excluding hydrogens is 310 g/mol. The molecule has 0 spiro atoms. The third kappa shape index (κ3) is 3.74. The van der Waals surface area contributed by atoms with Gasteiger partial charge in [0.05, 0.1) is 12.0 Å². The Morgan fingerprint density at radius 3 is 2.39 bits per heavy atom. The SMILES string of the molecule is O=C(O)C1CCCN(C(c2ccccc2)c2ccc(Cl)cc2)C1. The standard InChI is InChI=1S/C19H20ClNO2/c20-17-10-8-15(9-11-17)18(14-5-2-1-3-6-14)21-12-4-7-16(13-21)19(22)23/h1-3,5-6,8-11,16,18H,4,7,12-13H2,(H,22,23). The van der Waals surface area contributed by atoms with Gasteiger partial charge in [0, 0.05) is 11.6 Å². The zero-order valence-corrected chi connectivity index (χ0v) is 13.6. The fourth-order valence-electron chi connectivity index (χ4n) is 3.34. The minimum Gasteiger partial charge on any atom is -0.481 e. The number of benzene rings is 2. The van der Waals surface area contributed by atoms with Crippen molar-refractivity contribution in [2.45, 2.75) is 18.9 Å². The molecular formula is C19H20ClNO2. The molecule has 1 heterocycles. The van der Waals surface area contributed by atoms with Gasteiger partial charge in [-0.3, -0.25) is 9.69 Å². The van der Waals surface area contributed by atoms with Crippen LogP contribution >= 0.6 is 11.6 Å². The largest absolute Gasteiger partial charge is 0.481 e. The number of carboxylic acid groups (broad SMARTS) is 1. The van der Waals surface area contributed by atoms with E-state index in [1.54, 1.807) is 0 Å². The molecule has 0 amide bonds. The molecule has 2 unspecified atom stereocenters. The zero-order chi connectivity index (χ0) is 16.2. The molecule has 1 fully saturated rings. The molecule has 1 N–H and O–H groups in total. The van der Waals surface area contributed by atoms with Crippen LogP contribution in [-0.2, 0) is 4.79 Å². The van der Waals surface area contributed by atoms with Crippen LogP contribution in [0.1, 0.15) is 30.0 Å². The molecule has 3 nitrogen and oxygen atoms in total. The molecule has 1 saturated heterocycles. The second-order valence-electron chi connectivity index (χ2n) is 6.04. The number of carbonyl (C=O) groups is 1. The van der Waals surface area contributed by atoms with Gasteiger partial charge in [0.1, 0.15) is 0 Å². The number of hydrogen-bond acceptors (Lipinski definition) is 2. The van der Waals surface area contributed by atoms with Gasteiger partial charge in [0.25, 0.3) is 0 Å². The summed E-state index contributed by atoms with van der Waals surface area (Å²) < 4.78 is 0. The van der Waals surface area contributed by atoms with Crippen molar-refractivity contribution < 1.29 is 9.90 Å². The molecule has 0 aliphatic carbocycles. The van der Waals surface area contributed by atoms with Crippen LogP contribution in [0.4, 0.5) is 0 Å². The van der Waals surface area contributed by atoms with E-state index in [1.165, 1.54) is 5.56 Å². The third-order valence-electron chi connectivity index (χ3n) is 4.47. The first kappa shape index (κ1) is 16.0. The van der Waals surface area contributed by atoms with E-state index in [9.17, 15) is 9.90 Å². The van der Waals surface area contributed by atoms with Gasteiger partial charge in [-0.1, -0.05) is 54.1 Å². The maximum absolute atomic E-state index is 11.4. The highest BCUT2D eigenvalue weighted by atomic mass is 35.5. The van der Waals surface area contributed by atoms with E-state index in [0.717, 1.165) is 24.9 Å². The van der Waals surface area contributed by atoms with Gasteiger partial charge in [0.2, 0.25) is 0 Å². The van der Waals surface area contributed by atoms with Crippen molar-refractivity contribution in [3.63, 3.8) is 0 Å². The average Bonchev–Trinajstić information content (AvgIpc) is 2.58. The van der Waals surface area contributed by atoms with E-state index in [1.807, 2.05) is 42.5 Å². The molecule has 2 atom stereocenters. The van der Waals surface area contributed by atoms with Crippen molar-refractivity contribution in [1.82, 2.24) is 4.90 Å². The van der Waals surface area contributed by atoms with Gasteiger partial charge < -0.3 is 5.11 Å². The van der Waals surface area contributed by atoms with E-state index >= 15 is 0 Å². The minimum absolute atomic E-state index is 0.0654. The second-order valence-corrected chi connectivity index (χ2v) is 6.47. The molecule has 1 aliphatic rings. The highest BCUT2D eigenvalue weighted by Crippen LogP contribution is 2.33. The lowest BCUT2D eigenvalue weighted by Gasteiger charge is -2.37. The highest BCUT2D eigenvalue weighted by Gasteiger charge is 2.31. The number of carboxylic acids is 1. The maximum Gasteiger partial charge on any atom is 0.307 e. The summed E-state index contributed by atoms with van der Waals surface area (Å²) in [5, 5.41) is 10.1. The van der Waals surface area contributed by atoms with Crippen molar-refractivity contribution in [2.75, 3.05) is 13.1 Å². The van der Waals surface area contributed by atoms with E-state index in [2.05, 4.69) is 17.0 Å². The Morgan fingerprint density at radius 1 is 1.09 bits per heavy atom. The summed E-state index contributed by atoms with van der Waals surface area (Å²) in [6.07, 6.45) is 1.67. The van der Waals surface area contributed by atoms with Crippen molar-refractivity contribution in [2.24, 2.45) is 5.92 Å². The summed E-state index contributed by atoms with van der Waals surface area (Å²) in [4.78, 5) is 13.7. The smallest absolute Gasteiger partial charge is 0.307 e. The third-order valence-corrected chi connectivity index (χ3v) is 4.72. The van der Waals surface area contributed by atoms with Crippen molar-refractivity contribution in [1.29, 1.82) is 0 Å². The zero-order valence-electron chi connectivity index (χ0n) is 12.9. The van der Waals surface area contributed by atoms with Crippen LogP contribution in [0.2, 0.25) is 5.02 Å². The first-order chi connectivity index (χ1) is 11.1.